The number of amides is 3. The first-order valence-electron chi connectivity index (χ1n) is 6.09. The summed E-state index contributed by atoms with van der Waals surface area (Å²) in [6.07, 6.45) is 0. The van der Waals surface area contributed by atoms with E-state index < -0.39 is 17.5 Å². The minimum atomic E-state index is -0.917. The van der Waals surface area contributed by atoms with Crippen molar-refractivity contribution in [3.8, 4) is 0 Å². The molecule has 19 heavy (non-hydrogen) atoms. The first-order chi connectivity index (χ1) is 9.00. The average molecular weight is 253 g/mol. The van der Waals surface area contributed by atoms with Gasteiger partial charge in [0.25, 0.3) is 5.91 Å². The smallest absolute Gasteiger partial charge is 0.278 e. The molecule has 1 fully saturated rings. The van der Waals surface area contributed by atoms with Crippen molar-refractivity contribution in [3.63, 3.8) is 0 Å². The minimum Gasteiger partial charge on any atom is -0.278 e. The van der Waals surface area contributed by atoms with Crippen molar-refractivity contribution in [1.82, 2.24) is 5.32 Å². The van der Waals surface area contributed by atoms with Crippen LogP contribution in [0.4, 0.5) is 10.5 Å². The lowest BCUT2D eigenvalue weighted by atomic mass is 10.0. The van der Waals surface area contributed by atoms with Gasteiger partial charge < -0.3 is 0 Å². The summed E-state index contributed by atoms with van der Waals surface area (Å²) in [5, 5.41) is 5.65. The molecule has 3 amide bonds. The second-order valence-electron chi connectivity index (χ2n) is 5.13. The molecule has 0 saturated carbocycles. The number of anilines is 1. The molecule has 1 saturated heterocycles. The van der Waals surface area contributed by atoms with Crippen LogP contribution in [0.25, 0.3) is 10.8 Å². The van der Waals surface area contributed by atoms with Gasteiger partial charge >= 0.3 is 6.03 Å². The maximum absolute atomic E-state index is 11.9. The molecule has 0 N–H and O–H groups in total. The zero-order valence-electron chi connectivity index (χ0n) is 10.8. The van der Waals surface area contributed by atoms with Crippen LogP contribution in [-0.2, 0) is 4.79 Å². The number of carbonyl (C=O) groups is 2. The van der Waals surface area contributed by atoms with Crippen LogP contribution in [0.1, 0.15) is 13.8 Å². The molecule has 0 atom stereocenters. The van der Waals surface area contributed by atoms with Crippen LogP contribution in [0.3, 0.4) is 0 Å². The second-order valence-corrected chi connectivity index (χ2v) is 5.13. The highest BCUT2D eigenvalue weighted by molar-refractivity contribution is 6.16. The summed E-state index contributed by atoms with van der Waals surface area (Å²) in [6.45, 7) is 3.41. The van der Waals surface area contributed by atoms with E-state index in [2.05, 4.69) is 5.32 Å². The van der Waals surface area contributed by atoms with Crippen LogP contribution < -0.4 is 10.2 Å². The highest BCUT2D eigenvalue weighted by Crippen LogP contribution is 2.31. The molecule has 2 aromatic carbocycles. The van der Waals surface area contributed by atoms with Gasteiger partial charge in [0.15, 0.2) is 0 Å². The molecule has 0 aromatic heterocycles. The molecule has 1 aliphatic rings. The van der Waals surface area contributed by atoms with Gasteiger partial charge in [-0.1, -0.05) is 30.3 Å². The molecular weight excluding hydrogens is 240 g/mol. The Kier molecular flexibility index (Phi) is 2.35. The Morgan fingerprint density at radius 3 is 2.32 bits per heavy atom. The average Bonchev–Trinajstić information content (AvgIpc) is 2.58. The quantitative estimate of drug-likeness (QED) is 0.734. The minimum absolute atomic E-state index is 0.398. The molecule has 0 aliphatic carbocycles. The van der Waals surface area contributed by atoms with Crippen molar-refractivity contribution in [1.29, 1.82) is 0 Å². The van der Waals surface area contributed by atoms with E-state index in [1.807, 2.05) is 42.5 Å². The van der Waals surface area contributed by atoms with Crippen LogP contribution in [0.2, 0.25) is 0 Å². The Balaban J connectivity index is 2.14. The summed E-state index contributed by atoms with van der Waals surface area (Å²) in [7, 11) is 0. The van der Waals surface area contributed by atoms with E-state index in [9.17, 15) is 9.59 Å². The monoisotopic (exact) mass is 253 g/mol. The van der Waals surface area contributed by atoms with E-state index in [1.54, 1.807) is 13.8 Å². The van der Waals surface area contributed by atoms with E-state index in [0.29, 0.717) is 5.69 Å². The molecule has 2 aromatic rings. The Bertz CT molecular complexity index is 691. The SMILES string of the molecule is CC1(C)C(=O)[N]C(=O)N1c1ccc2ccccc2c1. The lowest BCUT2D eigenvalue weighted by Crippen LogP contribution is -2.44. The van der Waals surface area contributed by atoms with Crippen LogP contribution in [-0.4, -0.2) is 17.5 Å². The van der Waals surface area contributed by atoms with Gasteiger partial charge in [-0.15, -0.1) is 0 Å². The predicted octanol–water partition coefficient (Wildman–Crippen LogP) is 2.69. The molecular formula is C15H13N2O2. The number of fused-ring (bicyclic) bond motifs is 1. The Morgan fingerprint density at radius 2 is 1.68 bits per heavy atom. The van der Waals surface area contributed by atoms with Gasteiger partial charge in [-0.3, -0.25) is 9.69 Å². The van der Waals surface area contributed by atoms with Gasteiger partial charge in [0.1, 0.15) is 5.54 Å². The molecule has 95 valence electrons. The van der Waals surface area contributed by atoms with Crippen molar-refractivity contribution < 1.29 is 9.59 Å². The molecule has 4 heteroatoms. The van der Waals surface area contributed by atoms with Crippen molar-refractivity contribution in [2.45, 2.75) is 19.4 Å². The Morgan fingerprint density at radius 1 is 1.00 bits per heavy atom. The Labute approximate surface area is 111 Å². The summed E-state index contributed by atoms with van der Waals surface area (Å²) in [6, 6.07) is 13.1. The molecule has 1 heterocycles. The summed E-state index contributed by atoms with van der Waals surface area (Å²) in [4.78, 5) is 25.0. The number of benzene rings is 2. The fourth-order valence-corrected chi connectivity index (χ4v) is 2.36. The zero-order chi connectivity index (χ0) is 13.6. The molecule has 0 bridgehead atoms. The number of hydrogen-bond donors (Lipinski definition) is 0. The summed E-state index contributed by atoms with van der Waals surface area (Å²) < 4.78 is 0. The number of rotatable bonds is 1. The van der Waals surface area contributed by atoms with Crippen molar-refractivity contribution in [2.75, 3.05) is 4.90 Å². The maximum Gasteiger partial charge on any atom is 0.352 e. The number of nitrogens with zero attached hydrogens (tertiary/aromatic N) is 2. The van der Waals surface area contributed by atoms with Gasteiger partial charge in [0.2, 0.25) is 0 Å². The summed E-state index contributed by atoms with van der Waals surface area (Å²) >= 11 is 0. The number of urea groups is 1. The third-order valence-electron chi connectivity index (χ3n) is 3.46. The molecule has 1 aliphatic heterocycles. The first kappa shape index (κ1) is 11.7. The molecule has 4 nitrogen and oxygen atoms in total. The maximum atomic E-state index is 11.9. The second kappa shape index (κ2) is 3.82. The summed E-state index contributed by atoms with van der Waals surface area (Å²) in [5.74, 6) is -0.398. The van der Waals surface area contributed by atoms with E-state index in [0.717, 1.165) is 10.8 Å². The fourth-order valence-electron chi connectivity index (χ4n) is 2.36. The highest BCUT2D eigenvalue weighted by atomic mass is 16.2. The zero-order valence-corrected chi connectivity index (χ0v) is 10.8. The Hall–Kier alpha value is -2.36. The van der Waals surface area contributed by atoms with E-state index in [1.165, 1.54) is 4.90 Å². The van der Waals surface area contributed by atoms with E-state index in [4.69, 9.17) is 0 Å². The predicted molar refractivity (Wildman–Crippen MR) is 73.0 cm³/mol. The third kappa shape index (κ3) is 1.68. The largest absolute Gasteiger partial charge is 0.352 e. The van der Waals surface area contributed by atoms with Crippen molar-refractivity contribution in [2.24, 2.45) is 0 Å². The van der Waals surface area contributed by atoms with Gasteiger partial charge in [-0.05, 0) is 36.8 Å². The van der Waals surface area contributed by atoms with Crippen LogP contribution in [0.15, 0.2) is 42.5 Å². The third-order valence-corrected chi connectivity index (χ3v) is 3.46. The van der Waals surface area contributed by atoms with Crippen LogP contribution >= 0.6 is 0 Å². The van der Waals surface area contributed by atoms with Crippen molar-refractivity contribution >= 4 is 28.4 Å². The van der Waals surface area contributed by atoms with Gasteiger partial charge in [-0.2, -0.15) is 5.32 Å². The number of imide groups is 1. The fraction of sp³-hybridized carbons (Fsp3) is 0.200. The number of carbonyl (C=O) groups excluding carboxylic acids is 2. The van der Waals surface area contributed by atoms with E-state index >= 15 is 0 Å². The number of hydrogen-bond acceptors (Lipinski definition) is 2. The molecule has 0 unspecified atom stereocenters. The van der Waals surface area contributed by atoms with Crippen LogP contribution in [0.5, 0.6) is 0 Å². The molecule has 3 rings (SSSR count). The van der Waals surface area contributed by atoms with Gasteiger partial charge in [0.05, 0.1) is 0 Å². The molecule has 1 radical (unpaired) electrons. The van der Waals surface area contributed by atoms with E-state index in [-0.39, 0.29) is 0 Å². The normalized spacial score (nSPS) is 17.9. The van der Waals surface area contributed by atoms with Crippen LogP contribution in [0, 0.1) is 0 Å². The lowest BCUT2D eigenvalue weighted by molar-refractivity contribution is -0.122. The molecule has 0 spiro atoms. The first-order valence-corrected chi connectivity index (χ1v) is 6.09. The lowest BCUT2D eigenvalue weighted by Gasteiger charge is -2.27. The topological polar surface area (TPSA) is 51.5 Å². The van der Waals surface area contributed by atoms with Gasteiger partial charge in [0, 0.05) is 5.69 Å². The standard InChI is InChI=1S/C15H13N2O2/c1-15(2)13(18)16-14(19)17(15)12-8-7-10-5-3-4-6-11(10)9-12/h3-9H,1-2H3. The summed E-state index contributed by atoms with van der Waals surface area (Å²) in [5.41, 5.74) is -0.220. The van der Waals surface area contributed by atoms with Crippen molar-refractivity contribution in [3.05, 3.63) is 42.5 Å². The highest BCUT2D eigenvalue weighted by Gasteiger charge is 2.48. The van der Waals surface area contributed by atoms with Gasteiger partial charge in [-0.25, -0.2) is 4.79 Å².